The minimum Gasteiger partial charge on any atom is -0.459 e. The molecule has 1 heterocycles. The van der Waals surface area contributed by atoms with Gasteiger partial charge in [-0.25, -0.2) is 0 Å². The van der Waals surface area contributed by atoms with Gasteiger partial charge in [0.15, 0.2) is 11.7 Å². The van der Waals surface area contributed by atoms with Crippen LogP contribution in [0.3, 0.4) is 0 Å². The van der Waals surface area contributed by atoms with Crippen LogP contribution in [0.15, 0.2) is 27.8 Å². The van der Waals surface area contributed by atoms with Gasteiger partial charge in [-0.05, 0) is 36.8 Å². The first-order valence-electron chi connectivity index (χ1n) is 7.95. The van der Waals surface area contributed by atoms with Gasteiger partial charge in [0.25, 0.3) is 5.91 Å². The Hall–Kier alpha value is -1.98. The fourth-order valence-corrected chi connectivity index (χ4v) is 2.68. The maximum Gasteiger partial charge on any atom is 0.287 e. The Kier molecular flexibility index (Phi) is 5.86. The summed E-state index contributed by atoms with van der Waals surface area (Å²) in [7, 11) is 1.76. The van der Waals surface area contributed by atoms with Gasteiger partial charge in [-0.15, -0.1) is 0 Å². The van der Waals surface area contributed by atoms with Crippen molar-refractivity contribution in [3.8, 4) is 0 Å². The molecular formula is C16H26N4O2. The van der Waals surface area contributed by atoms with Gasteiger partial charge in [-0.2, -0.15) is 0 Å². The number of carbonyl (C=O) groups excluding carboxylic acids is 1. The Bertz CT molecular complexity index is 487. The number of carbonyl (C=O) groups is 1. The van der Waals surface area contributed by atoms with Crippen LogP contribution in [-0.4, -0.2) is 38.5 Å². The molecule has 1 amide bonds. The molecule has 122 valence electrons. The maximum atomic E-state index is 11.7. The van der Waals surface area contributed by atoms with Gasteiger partial charge in [0, 0.05) is 26.7 Å². The molecule has 6 heteroatoms. The highest BCUT2D eigenvalue weighted by Crippen LogP contribution is 2.42. The summed E-state index contributed by atoms with van der Waals surface area (Å²) in [4.78, 5) is 15.9. The summed E-state index contributed by atoms with van der Waals surface area (Å²) in [5, 5.41) is 9.39. The Morgan fingerprint density at radius 3 is 2.64 bits per heavy atom. The summed E-state index contributed by atoms with van der Waals surface area (Å²) >= 11 is 0. The first-order chi connectivity index (χ1) is 10.7. The van der Waals surface area contributed by atoms with Crippen LogP contribution in [-0.2, 0) is 0 Å². The number of hydrogen-bond acceptors (Lipinski definition) is 3. The SMILES string of the molecule is CCC1(CNC(=NC)NCCNC(=O)c2ccco2)CCC1. The van der Waals surface area contributed by atoms with Crippen LogP contribution in [0, 0.1) is 5.41 Å². The van der Waals surface area contributed by atoms with Gasteiger partial charge < -0.3 is 20.4 Å². The predicted molar refractivity (Wildman–Crippen MR) is 87.0 cm³/mol. The van der Waals surface area contributed by atoms with Crippen LogP contribution < -0.4 is 16.0 Å². The predicted octanol–water partition coefficient (Wildman–Crippen LogP) is 1.75. The molecule has 1 saturated carbocycles. The summed E-state index contributed by atoms with van der Waals surface area (Å²) in [6.07, 6.45) is 6.62. The summed E-state index contributed by atoms with van der Waals surface area (Å²) < 4.78 is 5.03. The quantitative estimate of drug-likeness (QED) is 0.407. The third-order valence-corrected chi connectivity index (χ3v) is 4.47. The molecular weight excluding hydrogens is 280 g/mol. The van der Waals surface area contributed by atoms with Gasteiger partial charge in [0.2, 0.25) is 0 Å². The number of amides is 1. The summed E-state index contributed by atoms with van der Waals surface area (Å²) in [5.74, 6) is 0.915. The molecule has 0 radical (unpaired) electrons. The maximum absolute atomic E-state index is 11.7. The zero-order chi connectivity index (χ0) is 15.8. The zero-order valence-corrected chi connectivity index (χ0v) is 13.4. The zero-order valence-electron chi connectivity index (χ0n) is 13.4. The molecule has 1 fully saturated rings. The Morgan fingerprint density at radius 1 is 1.32 bits per heavy atom. The summed E-state index contributed by atoms with van der Waals surface area (Å²) in [5.41, 5.74) is 0.450. The average Bonchev–Trinajstić information content (AvgIpc) is 3.02. The minimum absolute atomic E-state index is 0.200. The van der Waals surface area contributed by atoms with Gasteiger partial charge in [-0.1, -0.05) is 13.3 Å². The topological polar surface area (TPSA) is 78.7 Å². The Morgan fingerprint density at radius 2 is 2.09 bits per heavy atom. The highest BCUT2D eigenvalue weighted by atomic mass is 16.3. The first kappa shape index (κ1) is 16.4. The van der Waals surface area contributed by atoms with E-state index in [1.807, 2.05) is 0 Å². The van der Waals surface area contributed by atoms with E-state index < -0.39 is 0 Å². The van der Waals surface area contributed by atoms with Crippen molar-refractivity contribution in [2.45, 2.75) is 32.6 Å². The molecule has 2 rings (SSSR count). The van der Waals surface area contributed by atoms with E-state index in [1.54, 1.807) is 19.2 Å². The van der Waals surface area contributed by atoms with Crippen molar-refractivity contribution in [3.05, 3.63) is 24.2 Å². The minimum atomic E-state index is -0.200. The smallest absolute Gasteiger partial charge is 0.287 e. The number of hydrogen-bond donors (Lipinski definition) is 3. The second-order valence-electron chi connectivity index (χ2n) is 5.79. The Labute approximate surface area is 131 Å². The average molecular weight is 306 g/mol. The van der Waals surface area contributed by atoms with Crippen LogP contribution in [0.25, 0.3) is 0 Å². The molecule has 1 aliphatic carbocycles. The molecule has 1 aromatic rings. The molecule has 0 unspecified atom stereocenters. The largest absolute Gasteiger partial charge is 0.459 e. The van der Waals surface area contributed by atoms with Crippen LogP contribution >= 0.6 is 0 Å². The van der Waals surface area contributed by atoms with Gasteiger partial charge in [0.05, 0.1) is 6.26 Å². The molecule has 3 N–H and O–H groups in total. The molecule has 22 heavy (non-hydrogen) atoms. The fourth-order valence-electron chi connectivity index (χ4n) is 2.68. The van der Waals surface area contributed by atoms with Crippen molar-refractivity contribution < 1.29 is 9.21 Å². The molecule has 0 bridgehead atoms. The van der Waals surface area contributed by atoms with E-state index in [4.69, 9.17) is 4.42 Å². The first-order valence-corrected chi connectivity index (χ1v) is 7.95. The van der Waals surface area contributed by atoms with Crippen molar-refractivity contribution in [1.29, 1.82) is 0 Å². The molecule has 0 atom stereocenters. The van der Waals surface area contributed by atoms with Crippen LogP contribution in [0.1, 0.15) is 43.2 Å². The molecule has 0 aromatic carbocycles. The van der Waals surface area contributed by atoms with Crippen molar-refractivity contribution >= 4 is 11.9 Å². The number of aliphatic imine (C=N–C) groups is 1. The monoisotopic (exact) mass is 306 g/mol. The van der Waals surface area contributed by atoms with E-state index in [0.29, 0.717) is 24.3 Å². The van der Waals surface area contributed by atoms with E-state index in [9.17, 15) is 4.79 Å². The van der Waals surface area contributed by atoms with Crippen LogP contribution in [0.4, 0.5) is 0 Å². The highest BCUT2D eigenvalue weighted by Gasteiger charge is 2.34. The standard InChI is InChI=1S/C16H26N4O2/c1-3-16(7-5-8-16)12-20-15(17-2)19-10-9-18-14(21)13-6-4-11-22-13/h4,6,11H,3,5,7-10,12H2,1-2H3,(H,18,21)(H2,17,19,20). The lowest BCUT2D eigenvalue weighted by Gasteiger charge is -2.41. The number of guanidine groups is 1. The van der Waals surface area contributed by atoms with Crippen LogP contribution in [0.2, 0.25) is 0 Å². The lowest BCUT2D eigenvalue weighted by molar-refractivity contribution is 0.0926. The summed E-state index contributed by atoms with van der Waals surface area (Å²) in [6.45, 7) is 4.34. The van der Waals surface area contributed by atoms with Crippen LogP contribution in [0.5, 0.6) is 0 Å². The van der Waals surface area contributed by atoms with Gasteiger partial charge in [0.1, 0.15) is 0 Å². The molecule has 6 nitrogen and oxygen atoms in total. The van der Waals surface area contributed by atoms with E-state index in [0.717, 1.165) is 12.5 Å². The number of nitrogens with one attached hydrogen (secondary N) is 3. The number of furan rings is 1. The summed E-state index contributed by atoms with van der Waals surface area (Å²) in [6, 6.07) is 3.34. The Balaban J connectivity index is 1.63. The van der Waals surface area contributed by atoms with E-state index in [1.165, 1.54) is 31.9 Å². The molecule has 0 saturated heterocycles. The number of rotatable bonds is 7. The molecule has 1 aliphatic rings. The van der Waals surface area contributed by atoms with Crippen molar-refractivity contribution in [1.82, 2.24) is 16.0 Å². The molecule has 1 aromatic heterocycles. The second kappa shape index (κ2) is 7.87. The van der Waals surface area contributed by atoms with Crippen molar-refractivity contribution in [2.24, 2.45) is 10.4 Å². The highest BCUT2D eigenvalue weighted by molar-refractivity contribution is 5.91. The van der Waals surface area contributed by atoms with E-state index >= 15 is 0 Å². The lowest BCUT2D eigenvalue weighted by Crippen LogP contribution is -2.47. The number of nitrogens with zero attached hydrogens (tertiary/aromatic N) is 1. The third-order valence-electron chi connectivity index (χ3n) is 4.47. The van der Waals surface area contributed by atoms with E-state index in [2.05, 4.69) is 27.9 Å². The van der Waals surface area contributed by atoms with Gasteiger partial charge >= 0.3 is 0 Å². The van der Waals surface area contributed by atoms with Crippen molar-refractivity contribution in [2.75, 3.05) is 26.7 Å². The van der Waals surface area contributed by atoms with E-state index in [-0.39, 0.29) is 5.91 Å². The van der Waals surface area contributed by atoms with Gasteiger partial charge in [-0.3, -0.25) is 9.79 Å². The lowest BCUT2D eigenvalue weighted by atomic mass is 9.67. The molecule has 0 aliphatic heterocycles. The normalized spacial score (nSPS) is 16.7. The third kappa shape index (κ3) is 4.26. The van der Waals surface area contributed by atoms with Crippen molar-refractivity contribution in [3.63, 3.8) is 0 Å². The molecule has 0 spiro atoms. The second-order valence-corrected chi connectivity index (χ2v) is 5.79. The fraction of sp³-hybridized carbons (Fsp3) is 0.625.